The van der Waals surface area contributed by atoms with Crippen LogP contribution in [0.1, 0.15) is 26.7 Å². The molecule has 1 aliphatic carbocycles. The number of allylic oxidation sites excluding steroid dienone is 8. The Morgan fingerprint density at radius 3 is 2.73 bits per heavy atom. The van der Waals surface area contributed by atoms with Gasteiger partial charge in [0.1, 0.15) is 0 Å². The molecule has 1 aliphatic rings. The summed E-state index contributed by atoms with van der Waals surface area (Å²) in [6.07, 6.45) is 13.0. The molecule has 0 aliphatic heterocycles. The van der Waals surface area contributed by atoms with Crippen molar-refractivity contribution in [2.45, 2.75) is 26.7 Å². The van der Waals surface area contributed by atoms with Crippen LogP contribution in [0, 0.1) is 5.92 Å². The summed E-state index contributed by atoms with van der Waals surface area (Å²) in [7, 11) is 0. The van der Waals surface area contributed by atoms with Crippen LogP contribution >= 0.6 is 0 Å². The lowest BCUT2D eigenvalue weighted by molar-refractivity contribution is 0.728. The van der Waals surface area contributed by atoms with Gasteiger partial charge in [0.2, 0.25) is 0 Å². The number of rotatable bonds is 4. The molecule has 0 spiro atoms. The first-order valence-electron chi connectivity index (χ1n) is 5.46. The minimum absolute atomic E-state index is 0.688. The van der Waals surface area contributed by atoms with Gasteiger partial charge in [0, 0.05) is 0 Å². The highest BCUT2D eigenvalue weighted by atomic mass is 14.1. The number of hydrogen-bond donors (Lipinski definition) is 0. The van der Waals surface area contributed by atoms with Gasteiger partial charge in [-0.3, -0.25) is 0 Å². The third-order valence-corrected chi connectivity index (χ3v) is 2.43. The Hall–Kier alpha value is -1.30. The third-order valence-electron chi connectivity index (χ3n) is 2.43. The maximum atomic E-state index is 4.04. The van der Waals surface area contributed by atoms with Crippen molar-refractivity contribution in [2.75, 3.05) is 0 Å². The summed E-state index contributed by atoms with van der Waals surface area (Å²) >= 11 is 0. The molecule has 1 rings (SSSR count). The van der Waals surface area contributed by atoms with Gasteiger partial charge < -0.3 is 0 Å². The molecule has 0 amide bonds. The van der Waals surface area contributed by atoms with Crippen LogP contribution in [-0.4, -0.2) is 0 Å². The SMILES string of the molecule is C=C(C)/C=C\C(=C)CC1=CCC(C)C=C1. The Morgan fingerprint density at radius 1 is 1.47 bits per heavy atom. The lowest BCUT2D eigenvalue weighted by Crippen LogP contribution is -1.94. The summed E-state index contributed by atoms with van der Waals surface area (Å²) in [5, 5.41) is 0. The first kappa shape index (κ1) is 11.8. The molecule has 0 bridgehead atoms. The molecule has 0 nitrogen and oxygen atoms in total. The average molecular weight is 200 g/mol. The zero-order valence-corrected chi connectivity index (χ0v) is 9.79. The minimum atomic E-state index is 0.688. The molecule has 0 saturated heterocycles. The summed E-state index contributed by atoms with van der Waals surface area (Å²) in [6.45, 7) is 12.1. The van der Waals surface area contributed by atoms with Crippen molar-refractivity contribution >= 4 is 0 Å². The van der Waals surface area contributed by atoms with Crippen LogP contribution in [0.5, 0.6) is 0 Å². The zero-order chi connectivity index (χ0) is 11.3. The Balaban J connectivity index is 2.46. The highest BCUT2D eigenvalue weighted by molar-refractivity contribution is 5.33. The van der Waals surface area contributed by atoms with Gasteiger partial charge in [0.05, 0.1) is 0 Å². The molecule has 0 saturated carbocycles. The average Bonchev–Trinajstić information content (AvgIpc) is 2.19. The first-order valence-corrected chi connectivity index (χ1v) is 5.46. The van der Waals surface area contributed by atoms with Crippen molar-refractivity contribution in [3.05, 3.63) is 60.3 Å². The Labute approximate surface area is 93.4 Å². The molecule has 1 atom stereocenters. The van der Waals surface area contributed by atoms with E-state index in [0.717, 1.165) is 24.0 Å². The molecule has 0 heteroatoms. The van der Waals surface area contributed by atoms with Gasteiger partial charge in [-0.1, -0.05) is 61.6 Å². The van der Waals surface area contributed by atoms with Gasteiger partial charge >= 0.3 is 0 Å². The molecule has 0 N–H and O–H groups in total. The van der Waals surface area contributed by atoms with Crippen LogP contribution in [-0.2, 0) is 0 Å². The highest BCUT2D eigenvalue weighted by Crippen LogP contribution is 2.20. The smallest absolute Gasteiger partial charge is 0.00349 e. The third kappa shape index (κ3) is 4.64. The fraction of sp³-hybridized carbons (Fsp3) is 0.333. The van der Waals surface area contributed by atoms with Gasteiger partial charge in [-0.15, -0.1) is 0 Å². The van der Waals surface area contributed by atoms with Crippen LogP contribution in [0.3, 0.4) is 0 Å². The van der Waals surface area contributed by atoms with Crippen molar-refractivity contribution in [1.29, 1.82) is 0 Å². The van der Waals surface area contributed by atoms with Gasteiger partial charge in [0.15, 0.2) is 0 Å². The zero-order valence-electron chi connectivity index (χ0n) is 9.79. The summed E-state index contributed by atoms with van der Waals surface area (Å²) in [5.41, 5.74) is 3.59. The van der Waals surface area contributed by atoms with E-state index in [1.54, 1.807) is 0 Å². The normalized spacial score (nSPS) is 20.4. The fourth-order valence-corrected chi connectivity index (χ4v) is 1.48. The molecule has 0 heterocycles. The van der Waals surface area contributed by atoms with E-state index in [4.69, 9.17) is 0 Å². The topological polar surface area (TPSA) is 0 Å². The molecular weight excluding hydrogens is 180 g/mol. The summed E-state index contributed by atoms with van der Waals surface area (Å²) in [6, 6.07) is 0. The predicted octanol–water partition coefficient (Wildman–Crippen LogP) is 4.59. The van der Waals surface area contributed by atoms with E-state index in [0.29, 0.717) is 5.92 Å². The predicted molar refractivity (Wildman–Crippen MR) is 68.7 cm³/mol. The van der Waals surface area contributed by atoms with Gasteiger partial charge in [0.25, 0.3) is 0 Å². The van der Waals surface area contributed by atoms with Crippen molar-refractivity contribution < 1.29 is 0 Å². The second kappa shape index (κ2) is 5.55. The van der Waals surface area contributed by atoms with Crippen molar-refractivity contribution in [3.8, 4) is 0 Å². The number of hydrogen-bond acceptors (Lipinski definition) is 0. The van der Waals surface area contributed by atoms with E-state index in [1.165, 1.54) is 5.57 Å². The van der Waals surface area contributed by atoms with E-state index >= 15 is 0 Å². The Kier molecular flexibility index (Phi) is 4.36. The fourth-order valence-electron chi connectivity index (χ4n) is 1.48. The molecule has 15 heavy (non-hydrogen) atoms. The van der Waals surface area contributed by atoms with Crippen molar-refractivity contribution in [2.24, 2.45) is 5.92 Å². The first-order chi connectivity index (χ1) is 7.08. The van der Waals surface area contributed by atoms with Crippen molar-refractivity contribution in [1.82, 2.24) is 0 Å². The van der Waals surface area contributed by atoms with E-state index in [1.807, 2.05) is 13.0 Å². The molecule has 0 aromatic carbocycles. The Bertz CT molecular complexity index is 337. The second-order valence-electron chi connectivity index (χ2n) is 4.37. The molecule has 80 valence electrons. The van der Waals surface area contributed by atoms with Gasteiger partial charge in [-0.25, -0.2) is 0 Å². The van der Waals surface area contributed by atoms with Gasteiger partial charge in [-0.2, -0.15) is 0 Å². The molecule has 0 aromatic rings. The van der Waals surface area contributed by atoms with E-state index in [2.05, 4.69) is 44.4 Å². The van der Waals surface area contributed by atoms with Crippen LogP contribution in [0.2, 0.25) is 0 Å². The maximum absolute atomic E-state index is 4.04. The summed E-state index contributed by atoms with van der Waals surface area (Å²) < 4.78 is 0. The van der Waals surface area contributed by atoms with Crippen LogP contribution < -0.4 is 0 Å². The van der Waals surface area contributed by atoms with E-state index in [9.17, 15) is 0 Å². The standard InChI is InChI=1S/C15H20/c1-12(2)5-6-14(4)11-15-9-7-13(3)8-10-15/h5-7,9-10,13H,1,4,8,11H2,2-3H3/b6-5-. The Morgan fingerprint density at radius 2 is 2.20 bits per heavy atom. The van der Waals surface area contributed by atoms with Crippen LogP contribution in [0.25, 0.3) is 0 Å². The van der Waals surface area contributed by atoms with E-state index in [-0.39, 0.29) is 0 Å². The molecule has 0 fully saturated rings. The quantitative estimate of drug-likeness (QED) is 0.582. The molecule has 0 aromatic heterocycles. The molecular formula is C15H20. The van der Waals surface area contributed by atoms with Crippen LogP contribution in [0.15, 0.2) is 60.3 Å². The van der Waals surface area contributed by atoms with Crippen molar-refractivity contribution in [3.63, 3.8) is 0 Å². The highest BCUT2D eigenvalue weighted by Gasteiger charge is 2.03. The molecule has 0 radical (unpaired) electrons. The largest absolute Gasteiger partial charge is 0.0961 e. The lowest BCUT2D eigenvalue weighted by Gasteiger charge is -2.11. The van der Waals surface area contributed by atoms with Gasteiger partial charge in [-0.05, 0) is 31.3 Å². The second-order valence-corrected chi connectivity index (χ2v) is 4.37. The summed E-state index contributed by atoms with van der Waals surface area (Å²) in [4.78, 5) is 0. The van der Waals surface area contributed by atoms with E-state index < -0.39 is 0 Å². The lowest BCUT2D eigenvalue weighted by atomic mass is 9.95. The van der Waals surface area contributed by atoms with Crippen LogP contribution in [0.4, 0.5) is 0 Å². The minimum Gasteiger partial charge on any atom is -0.0961 e. The summed E-state index contributed by atoms with van der Waals surface area (Å²) in [5.74, 6) is 0.688. The molecule has 1 unspecified atom stereocenters. The monoisotopic (exact) mass is 200 g/mol. The maximum Gasteiger partial charge on any atom is -0.00349 e.